The number of H-pyrrole nitrogens is 1. The summed E-state index contributed by atoms with van der Waals surface area (Å²) in [6.07, 6.45) is 0.774. The number of aryl methyl sites for hydroxylation is 1. The van der Waals surface area contributed by atoms with Gasteiger partial charge in [-0.2, -0.15) is 10.1 Å². The number of halogens is 2. The monoisotopic (exact) mass is 659 g/mol. The smallest absolute Gasteiger partial charge is 0.385 e. The zero-order chi connectivity index (χ0) is 31.5. The first-order valence-corrected chi connectivity index (χ1v) is 15.1. The molecule has 0 bridgehead atoms. The van der Waals surface area contributed by atoms with Crippen LogP contribution in [0.4, 0.5) is 8.78 Å². The van der Waals surface area contributed by atoms with Crippen LogP contribution in [0.1, 0.15) is 61.9 Å². The number of aromatic nitrogens is 6. The van der Waals surface area contributed by atoms with Gasteiger partial charge in [-0.1, -0.05) is 67.0 Å². The molecular formula is C32H34F2KN6O5. The molecule has 11 nitrogen and oxygen atoms in total. The molecule has 0 spiro atoms. The maximum atomic E-state index is 14.2. The maximum Gasteiger partial charge on any atom is 0.439 e. The second-order valence-corrected chi connectivity index (χ2v) is 11.4. The Bertz CT molecular complexity index is 1880. The van der Waals surface area contributed by atoms with Crippen molar-refractivity contribution in [3.8, 4) is 22.5 Å². The quantitative estimate of drug-likeness (QED) is 0.201. The van der Waals surface area contributed by atoms with Crippen LogP contribution in [-0.4, -0.2) is 111 Å². The van der Waals surface area contributed by atoms with Crippen LogP contribution in [0.3, 0.4) is 0 Å². The fourth-order valence-electron chi connectivity index (χ4n) is 6.15. The number of aromatic amines is 1. The molecule has 1 fully saturated rings. The van der Waals surface area contributed by atoms with Gasteiger partial charge in [0, 0.05) is 75.0 Å². The number of aliphatic hydroxyl groups is 1. The minimum absolute atomic E-state index is 0. The van der Waals surface area contributed by atoms with E-state index in [4.69, 9.17) is 9.26 Å². The second kappa shape index (κ2) is 15.4. The van der Waals surface area contributed by atoms with Crippen LogP contribution in [0.2, 0.25) is 0 Å². The van der Waals surface area contributed by atoms with E-state index in [0.29, 0.717) is 55.7 Å². The third kappa shape index (κ3) is 7.33. The molecule has 0 aliphatic heterocycles. The van der Waals surface area contributed by atoms with Crippen molar-refractivity contribution in [3.63, 3.8) is 0 Å². The van der Waals surface area contributed by atoms with Gasteiger partial charge in [0.1, 0.15) is 12.4 Å². The molecule has 1 radical (unpaired) electrons. The van der Waals surface area contributed by atoms with Crippen LogP contribution < -0.4 is 11.3 Å². The first-order valence-electron chi connectivity index (χ1n) is 15.1. The van der Waals surface area contributed by atoms with E-state index in [2.05, 4.69) is 27.1 Å². The summed E-state index contributed by atoms with van der Waals surface area (Å²) in [5.74, 6) is 0.207. The molecule has 0 saturated heterocycles. The molecule has 1 aliphatic carbocycles. The van der Waals surface area contributed by atoms with Gasteiger partial charge in [0.25, 0.3) is 12.0 Å². The summed E-state index contributed by atoms with van der Waals surface area (Å²) in [5, 5.41) is 17.7. The number of nitrogens with zero attached hydrogens (tertiary/aromatic N) is 5. The Labute approximate surface area is 305 Å². The van der Waals surface area contributed by atoms with Crippen molar-refractivity contribution >= 4 is 57.2 Å². The fraction of sp³-hybridized carbons (Fsp3) is 0.406. The summed E-state index contributed by atoms with van der Waals surface area (Å²) in [6.45, 7) is 1.64. The number of aliphatic hydroxyl groups excluding tert-OH is 1. The van der Waals surface area contributed by atoms with Crippen molar-refractivity contribution in [1.29, 1.82) is 0 Å². The van der Waals surface area contributed by atoms with Gasteiger partial charge >= 0.3 is 5.76 Å². The minimum Gasteiger partial charge on any atom is -0.385 e. The third-order valence-electron chi connectivity index (χ3n) is 8.38. The summed E-state index contributed by atoms with van der Waals surface area (Å²) in [4.78, 5) is 32.8. The summed E-state index contributed by atoms with van der Waals surface area (Å²) in [6, 6.07) is 15.3. The Balaban J connectivity index is 0.00000417. The number of ether oxygens (including phenoxy) is 1. The average Bonchev–Trinajstić information content (AvgIpc) is 3.72. The standard InChI is InChI=1S/C32H34F2N6O5.K/c1-2-5-26-25(16-19-8-10-20(11-9-19)23-6-3-4-7-24(23)29-37-32(43)45-38-29)30(42)39(31-35-18-36-40(26)31)21-12-14-22(15-13-21)44-17-27(41)28(33)34;/h3-4,6-11,18,21-22,27-28,41H,2,5,12-17H2,1H3,(H,37,38,43);. The number of nitrogens with one attached hydrogen (secondary N) is 1. The summed E-state index contributed by atoms with van der Waals surface area (Å²) >= 11 is 0. The fourth-order valence-corrected chi connectivity index (χ4v) is 6.15. The van der Waals surface area contributed by atoms with Gasteiger partial charge < -0.3 is 9.84 Å². The van der Waals surface area contributed by atoms with Crippen LogP contribution in [0.25, 0.3) is 28.3 Å². The van der Waals surface area contributed by atoms with Gasteiger partial charge in [0.15, 0.2) is 5.82 Å². The number of fused-ring (bicyclic) bond motifs is 1. The SMILES string of the molecule is CCCc1c(Cc2ccc(-c3ccccc3-c3noc(=O)[nH]3)cc2)c(=O)n(C2CCC(OCC(O)C(F)F)CC2)c2ncnn12.[K]. The molecular weight excluding hydrogens is 625 g/mol. The molecule has 5 aromatic rings. The first kappa shape index (κ1) is 34.5. The zero-order valence-corrected chi connectivity index (χ0v) is 28.9. The Morgan fingerprint density at radius 2 is 1.78 bits per heavy atom. The Hall–Kier alpha value is -2.85. The summed E-state index contributed by atoms with van der Waals surface area (Å²) in [7, 11) is 0. The predicted molar refractivity (Wildman–Crippen MR) is 167 cm³/mol. The summed E-state index contributed by atoms with van der Waals surface area (Å²) < 4.78 is 39.1. The molecule has 0 amide bonds. The van der Waals surface area contributed by atoms with Crippen molar-refractivity contribution < 1.29 is 23.1 Å². The van der Waals surface area contributed by atoms with E-state index in [0.717, 1.165) is 34.4 Å². The third-order valence-corrected chi connectivity index (χ3v) is 8.38. The zero-order valence-electron chi connectivity index (χ0n) is 25.7. The molecule has 237 valence electrons. The van der Waals surface area contributed by atoms with Crippen LogP contribution in [0.5, 0.6) is 0 Å². The van der Waals surface area contributed by atoms with Gasteiger partial charge in [-0.3, -0.25) is 18.9 Å². The van der Waals surface area contributed by atoms with Crippen molar-refractivity contribution in [2.24, 2.45) is 0 Å². The maximum absolute atomic E-state index is 14.2. The molecule has 1 aliphatic rings. The van der Waals surface area contributed by atoms with E-state index in [1.165, 1.54) is 6.33 Å². The molecule has 1 atom stereocenters. The normalized spacial score (nSPS) is 17.3. The van der Waals surface area contributed by atoms with E-state index in [-0.39, 0.29) is 69.1 Å². The van der Waals surface area contributed by atoms with Gasteiger partial charge in [-0.05, 0) is 48.8 Å². The van der Waals surface area contributed by atoms with E-state index in [1.807, 2.05) is 48.5 Å². The van der Waals surface area contributed by atoms with Crippen molar-refractivity contribution in [2.45, 2.75) is 76.5 Å². The number of alkyl halides is 2. The van der Waals surface area contributed by atoms with Crippen LogP contribution in [0, 0.1) is 0 Å². The number of rotatable bonds is 11. The van der Waals surface area contributed by atoms with Crippen molar-refractivity contribution in [3.05, 3.63) is 92.6 Å². The van der Waals surface area contributed by atoms with Crippen molar-refractivity contribution in [2.75, 3.05) is 6.61 Å². The van der Waals surface area contributed by atoms with E-state index in [9.17, 15) is 23.5 Å². The van der Waals surface area contributed by atoms with Crippen LogP contribution in [-0.2, 0) is 17.6 Å². The molecule has 46 heavy (non-hydrogen) atoms. The van der Waals surface area contributed by atoms with E-state index >= 15 is 0 Å². The van der Waals surface area contributed by atoms with Crippen LogP contribution in [0.15, 0.2) is 69.0 Å². The average molecular weight is 660 g/mol. The molecule has 6 rings (SSSR count). The summed E-state index contributed by atoms with van der Waals surface area (Å²) in [5.41, 5.74) is 4.83. The number of hydrogen-bond acceptors (Lipinski definition) is 8. The molecule has 2 N–H and O–H groups in total. The second-order valence-electron chi connectivity index (χ2n) is 11.4. The van der Waals surface area contributed by atoms with Gasteiger partial charge in [-0.15, -0.1) is 0 Å². The van der Waals surface area contributed by atoms with Crippen LogP contribution >= 0.6 is 0 Å². The number of hydrogen-bond donors (Lipinski definition) is 2. The van der Waals surface area contributed by atoms with E-state index < -0.39 is 24.9 Å². The van der Waals surface area contributed by atoms with Crippen molar-refractivity contribution in [1.82, 2.24) is 29.3 Å². The Kier molecular flexibility index (Phi) is 11.5. The number of benzene rings is 2. The Morgan fingerprint density at radius 1 is 1.07 bits per heavy atom. The molecule has 14 heteroatoms. The van der Waals surface area contributed by atoms with Gasteiger partial charge in [-0.25, -0.2) is 18.1 Å². The molecule has 3 aromatic heterocycles. The minimum atomic E-state index is -2.85. The predicted octanol–water partition coefficient (Wildman–Crippen LogP) is 4.19. The van der Waals surface area contributed by atoms with Gasteiger partial charge in [0.05, 0.1) is 18.4 Å². The molecule has 2 aromatic carbocycles. The first-order chi connectivity index (χ1) is 21.8. The van der Waals surface area contributed by atoms with E-state index in [1.54, 1.807) is 9.08 Å². The molecule has 1 unspecified atom stereocenters. The largest absolute Gasteiger partial charge is 0.439 e. The van der Waals surface area contributed by atoms with Gasteiger partial charge in [0.2, 0.25) is 5.78 Å². The topological polar surface area (TPSA) is 141 Å². The Morgan fingerprint density at radius 3 is 2.43 bits per heavy atom. The molecule has 3 heterocycles. The molecule has 1 saturated carbocycles.